The maximum atomic E-state index is 14.5. The highest BCUT2D eigenvalue weighted by Crippen LogP contribution is 2.52. The van der Waals surface area contributed by atoms with Gasteiger partial charge in [-0.3, -0.25) is 4.99 Å². The maximum absolute atomic E-state index is 14.5. The maximum Gasteiger partial charge on any atom is 0.128 e. The Bertz CT molecular complexity index is 678. The molecule has 1 heterocycles. The third kappa shape index (κ3) is 3.25. The Hall–Kier alpha value is -1.68. The number of hydrogen-bond acceptors (Lipinski definition) is 3. The van der Waals surface area contributed by atoms with Gasteiger partial charge < -0.3 is 10.6 Å². The highest BCUT2D eigenvalue weighted by Gasteiger charge is 2.41. The van der Waals surface area contributed by atoms with Gasteiger partial charge in [-0.15, -0.1) is 0 Å². The van der Waals surface area contributed by atoms with E-state index in [0.29, 0.717) is 23.8 Å². The Morgan fingerprint density at radius 3 is 2.83 bits per heavy atom. The molecule has 1 saturated carbocycles. The van der Waals surface area contributed by atoms with Gasteiger partial charge in [-0.1, -0.05) is 13.8 Å². The summed E-state index contributed by atoms with van der Waals surface area (Å²) in [5, 5.41) is 0. The first-order valence-corrected chi connectivity index (χ1v) is 8.76. The summed E-state index contributed by atoms with van der Waals surface area (Å²) in [6.07, 6.45) is 3.93. The molecule has 1 aromatic carbocycles. The quantitative estimate of drug-likeness (QED) is 0.829. The fourth-order valence-corrected chi connectivity index (χ4v) is 3.94. The molecule has 4 heteroatoms. The zero-order valence-electron chi connectivity index (χ0n) is 15.0. The van der Waals surface area contributed by atoms with Crippen molar-refractivity contribution >= 4 is 12.4 Å². The third-order valence-corrected chi connectivity index (χ3v) is 5.54. The van der Waals surface area contributed by atoms with Crippen LogP contribution in [0.25, 0.3) is 0 Å². The molecule has 2 aliphatic rings. The zero-order chi connectivity index (χ0) is 17.5. The van der Waals surface area contributed by atoms with Crippen LogP contribution in [0.2, 0.25) is 0 Å². The highest BCUT2D eigenvalue weighted by atomic mass is 19.1. The Balaban J connectivity index is 1.87. The van der Waals surface area contributed by atoms with Gasteiger partial charge in [0.1, 0.15) is 5.82 Å². The van der Waals surface area contributed by atoms with Crippen molar-refractivity contribution < 1.29 is 4.39 Å². The Morgan fingerprint density at radius 2 is 2.25 bits per heavy atom. The summed E-state index contributed by atoms with van der Waals surface area (Å²) in [4.78, 5) is 6.19. The van der Waals surface area contributed by atoms with Crippen molar-refractivity contribution in [1.82, 2.24) is 0 Å². The van der Waals surface area contributed by atoms with E-state index in [2.05, 4.69) is 36.5 Å². The van der Waals surface area contributed by atoms with Crippen LogP contribution in [0.4, 0.5) is 10.1 Å². The molecule has 3 rings (SSSR count). The molecule has 24 heavy (non-hydrogen) atoms. The van der Waals surface area contributed by atoms with E-state index >= 15 is 0 Å². The number of benzene rings is 1. The van der Waals surface area contributed by atoms with Gasteiger partial charge in [0.2, 0.25) is 0 Å². The van der Waals surface area contributed by atoms with Gasteiger partial charge in [0, 0.05) is 37.1 Å². The summed E-state index contributed by atoms with van der Waals surface area (Å²) in [6.45, 7) is 12.4. The normalized spacial score (nSPS) is 25.9. The van der Waals surface area contributed by atoms with Crippen LogP contribution in [0.15, 0.2) is 28.9 Å². The van der Waals surface area contributed by atoms with E-state index in [1.807, 2.05) is 6.92 Å². The average molecular weight is 329 g/mol. The lowest BCUT2D eigenvalue weighted by Gasteiger charge is -2.24. The third-order valence-electron chi connectivity index (χ3n) is 5.54. The highest BCUT2D eigenvalue weighted by molar-refractivity contribution is 5.58. The second-order valence-electron chi connectivity index (χ2n) is 8.02. The van der Waals surface area contributed by atoms with Crippen LogP contribution in [0.5, 0.6) is 0 Å². The van der Waals surface area contributed by atoms with Gasteiger partial charge in [-0.25, -0.2) is 4.39 Å². The molecule has 130 valence electrons. The summed E-state index contributed by atoms with van der Waals surface area (Å²) in [5.74, 6) is 0.634. The van der Waals surface area contributed by atoms with Crippen LogP contribution < -0.4 is 10.6 Å². The van der Waals surface area contributed by atoms with E-state index in [-0.39, 0.29) is 5.82 Å². The van der Waals surface area contributed by atoms with Crippen LogP contribution in [0.3, 0.4) is 0 Å². The Labute approximate surface area is 144 Å². The standard InChI is InChI=1S/C20H28FN3/c1-13-18(21)7-14(16-9-17(16)15(10-22)11-23-4)8-19(13)24-6-5-20(2,3)12-24/h7-8,11,16-17H,4-6,9-10,12,22H2,1-3H3/b15-11+. The molecule has 0 bridgehead atoms. The summed E-state index contributed by atoms with van der Waals surface area (Å²) in [6, 6.07) is 3.90. The van der Waals surface area contributed by atoms with Crippen LogP contribution >= 0.6 is 0 Å². The predicted octanol–water partition coefficient (Wildman–Crippen LogP) is 4.02. The minimum Gasteiger partial charge on any atom is -0.371 e. The van der Waals surface area contributed by atoms with E-state index in [9.17, 15) is 4.39 Å². The molecule has 0 radical (unpaired) electrons. The van der Waals surface area contributed by atoms with Crippen molar-refractivity contribution in [3.8, 4) is 0 Å². The van der Waals surface area contributed by atoms with Crippen molar-refractivity contribution in [1.29, 1.82) is 0 Å². The SMILES string of the molecule is C=N/C=C(\CN)C1CC1c1cc(F)c(C)c(N2CCC(C)(C)C2)c1. The Morgan fingerprint density at radius 1 is 1.50 bits per heavy atom. The molecule has 2 unspecified atom stereocenters. The fourth-order valence-electron chi connectivity index (χ4n) is 3.94. The fraction of sp³-hybridized carbons (Fsp3) is 0.550. The number of halogens is 1. The smallest absolute Gasteiger partial charge is 0.128 e. The number of rotatable bonds is 5. The van der Waals surface area contributed by atoms with Gasteiger partial charge in [-0.05, 0) is 67.0 Å². The molecule has 1 saturated heterocycles. The molecule has 2 fully saturated rings. The van der Waals surface area contributed by atoms with E-state index in [1.165, 1.54) is 0 Å². The molecule has 2 N–H and O–H groups in total. The molecule has 0 amide bonds. The number of nitrogens with zero attached hydrogens (tertiary/aromatic N) is 2. The molecular formula is C20H28FN3. The number of nitrogens with two attached hydrogens (primary N) is 1. The monoisotopic (exact) mass is 329 g/mol. The lowest BCUT2D eigenvalue weighted by Crippen LogP contribution is -2.23. The molecule has 1 aliphatic carbocycles. The molecular weight excluding hydrogens is 301 g/mol. The topological polar surface area (TPSA) is 41.6 Å². The van der Waals surface area contributed by atoms with Crippen molar-refractivity contribution in [2.45, 2.75) is 39.5 Å². The minimum absolute atomic E-state index is 0.0991. The summed E-state index contributed by atoms with van der Waals surface area (Å²) in [7, 11) is 0. The van der Waals surface area contributed by atoms with Crippen LogP contribution in [-0.2, 0) is 0 Å². The minimum atomic E-state index is -0.0991. The van der Waals surface area contributed by atoms with Gasteiger partial charge in [-0.2, -0.15) is 0 Å². The van der Waals surface area contributed by atoms with Crippen LogP contribution in [-0.4, -0.2) is 26.4 Å². The van der Waals surface area contributed by atoms with Crippen LogP contribution in [0.1, 0.15) is 43.7 Å². The van der Waals surface area contributed by atoms with Crippen molar-refractivity contribution in [3.05, 3.63) is 40.8 Å². The number of aliphatic imine (C=N–C) groups is 1. The van der Waals surface area contributed by atoms with E-state index in [0.717, 1.165) is 48.3 Å². The van der Waals surface area contributed by atoms with Gasteiger partial charge in [0.15, 0.2) is 0 Å². The number of hydrogen-bond donors (Lipinski definition) is 1. The summed E-state index contributed by atoms with van der Waals surface area (Å²) >= 11 is 0. The molecule has 1 aromatic rings. The average Bonchev–Trinajstić information content (AvgIpc) is 3.24. The first-order chi connectivity index (χ1) is 11.4. The van der Waals surface area contributed by atoms with E-state index in [1.54, 1.807) is 12.3 Å². The molecule has 0 aromatic heterocycles. The Kier molecular flexibility index (Phi) is 4.52. The van der Waals surface area contributed by atoms with Crippen molar-refractivity contribution in [2.24, 2.45) is 22.1 Å². The van der Waals surface area contributed by atoms with Crippen molar-refractivity contribution in [3.63, 3.8) is 0 Å². The van der Waals surface area contributed by atoms with Gasteiger partial charge in [0.05, 0.1) is 0 Å². The zero-order valence-corrected chi connectivity index (χ0v) is 15.0. The van der Waals surface area contributed by atoms with Gasteiger partial charge >= 0.3 is 0 Å². The molecule has 2 atom stereocenters. The van der Waals surface area contributed by atoms with E-state index < -0.39 is 0 Å². The number of anilines is 1. The predicted molar refractivity (Wildman–Crippen MR) is 99.3 cm³/mol. The second kappa shape index (κ2) is 6.32. The first kappa shape index (κ1) is 17.2. The second-order valence-corrected chi connectivity index (χ2v) is 8.02. The lowest BCUT2D eigenvalue weighted by atomic mass is 9.93. The molecule has 0 spiro atoms. The largest absolute Gasteiger partial charge is 0.371 e. The van der Waals surface area contributed by atoms with Gasteiger partial charge in [0.25, 0.3) is 0 Å². The van der Waals surface area contributed by atoms with Crippen molar-refractivity contribution in [2.75, 3.05) is 24.5 Å². The first-order valence-electron chi connectivity index (χ1n) is 8.76. The van der Waals surface area contributed by atoms with E-state index in [4.69, 9.17) is 5.73 Å². The lowest BCUT2D eigenvalue weighted by molar-refractivity contribution is 0.418. The van der Waals surface area contributed by atoms with Crippen LogP contribution in [0, 0.1) is 24.1 Å². The summed E-state index contributed by atoms with van der Waals surface area (Å²) in [5.41, 5.74) is 10.1. The molecule has 3 nitrogen and oxygen atoms in total. The summed E-state index contributed by atoms with van der Waals surface area (Å²) < 4.78 is 14.5. The molecule has 1 aliphatic heterocycles.